The maximum absolute atomic E-state index is 11.9. The van der Waals surface area contributed by atoms with Crippen molar-refractivity contribution >= 4 is 17.6 Å². The average molecular weight is 295 g/mol. The number of carbonyl (C=O) groups is 2. The van der Waals surface area contributed by atoms with Gasteiger partial charge in [0.2, 0.25) is 5.91 Å². The summed E-state index contributed by atoms with van der Waals surface area (Å²) in [5.74, 6) is -0.310. The van der Waals surface area contributed by atoms with Crippen molar-refractivity contribution in [3.63, 3.8) is 0 Å². The van der Waals surface area contributed by atoms with Gasteiger partial charge in [0.25, 0.3) is 0 Å². The van der Waals surface area contributed by atoms with Gasteiger partial charge in [0.15, 0.2) is 11.5 Å². The Morgan fingerprint density at radius 3 is 2.38 bits per heavy atom. The lowest BCUT2D eigenvalue weighted by atomic mass is 10.1. The molecule has 2 N–H and O–H groups in total. The standard InChI is InChI=1S/C15H21NO5/c1-9(2)5-6-13(17)16-11-7-10(15(18)19)8-12(20-3)14(11)21-4/h7-9H,5-6H2,1-4H3,(H,16,17)(H,18,19). The minimum atomic E-state index is -1.10. The largest absolute Gasteiger partial charge is 0.493 e. The number of hydrogen-bond acceptors (Lipinski definition) is 4. The molecule has 6 nitrogen and oxygen atoms in total. The van der Waals surface area contributed by atoms with Crippen molar-refractivity contribution in [1.82, 2.24) is 0 Å². The van der Waals surface area contributed by atoms with Crippen LogP contribution in [0.3, 0.4) is 0 Å². The molecule has 0 atom stereocenters. The second-order valence-corrected chi connectivity index (χ2v) is 5.05. The number of aromatic carboxylic acids is 1. The van der Waals surface area contributed by atoms with Crippen LogP contribution in [-0.4, -0.2) is 31.2 Å². The summed E-state index contributed by atoms with van der Waals surface area (Å²) in [5.41, 5.74) is 0.315. The van der Waals surface area contributed by atoms with E-state index in [0.717, 1.165) is 6.42 Å². The molecule has 0 saturated heterocycles. The number of methoxy groups -OCH3 is 2. The smallest absolute Gasteiger partial charge is 0.335 e. The number of carboxylic acid groups (broad SMARTS) is 1. The van der Waals surface area contributed by atoms with Crippen LogP contribution in [0.5, 0.6) is 11.5 Å². The zero-order valence-corrected chi connectivity index (χ0v) is 12.7. The molecule has 0 saturated carbocycles. The molecule has 0 bridgehead atoms. The van der Waals surface area contributed by atoms with Crippen LogP contribution in [0.4, 0.5) is 5.69 Å². The maximum Gasteiger partial charge on any atom is 0.335 e. The molecule has 0 radical (unpaired) electrons. The van der Waals surface area contributed by atoms with Gasteiger partial charge < -0.3 is 19.9 Å². The van der Waals surface area contributed by atoms with E-state index in [2.05, 4.69) is 5.32 Å². The van der Waals surface area contributed by atoms with Crippen LogP contribution in [0.1, 0.15) is 37.0 Å². The highest BCUT2D eigenvalue weighted by atomic mass is 16.5. The van der Waals surface area contributed by atoms with Gasteiger partial charge in [0.05, 0.1) is 25.5 Å². The van der Waals surface area contributed by atoms with E-state index >= 15 is 0 Å². The molecule has 1 aromatic carbocycles. The first-order valence-electron chi connectivity index (χ1n) is 6.68. The molecule has 1 amide bonds. The fourth-order valence-corrected chi connectivity index (χ4v) is 1.81. The Labute approximate surface area is 124 Å². The summed E-state index contributed by atoms with van der Waals surface area (Å²) in [6, 6.07) is 2.71. The molecule has 0 aliphatic heterocycles. The number of carbonyl (C=O) groups excluding carboxylic acids is 1. The number of carboxylic acids is 1. The van der Waals surface area contributed by atoms with Crippen LogP contribution in [0.2, 0.25) is 0 Å². The van der Waals surface area contributed by atoms with Gasteiger partial charge in [-0.05, 0) is 24.5 Å². The second-order valence-electron chi connectivity index (χ2n) is 5.05. The third kappa shape index (κ3) is 4.66. The first-order valence-corrected chi connectivity index (χ1v) is 6.68. The number of ether oxygens (including phenoxy) is 2. The zero-order valence-electron chi connectivity index (χ0n) is 12.7. The number of rotatable bonds is 7. The minimum absolute atomic E-state index is 0.0202. The van der Waals surface area contributed by atoms with Crippen LogP contribution in [0.15, 0.2) is 12.1 Å². The Bertz CT molecular complexity index is 525. The summed E-state index contributed by atoms with van der Waals surface area (Å²) in [7, 11) is 2.84. The molecule has 116 valence electrons. The Kier molecular flexibility index (Phi) is 6.02. The molecule has 1 rings (SSSR count). The molecule has 0 heterocycles. The van der Waals surface area contributed by atoms with E-state index in [1.165, 1.54) is 26.4 Å². The normalized spacial score (nSPS) is 10.3. The molecule has 6 heteroatoms. The van der Waals surface area contributed by atoms with Crippen LogP contribution >= 0.6 is 0 Å². The molecule has 0 spiro atoms. The van der Waals surface area contributed by atoms with Crippen LogP contribution in [-0.2, 0) is 4.79 Å². The van der Waals surface area contributed by atoms with E-state index in [1.807, 2.05) is 13.8 Å². The van der Waals surface area contributed by atoms with Gasteiger partial charge in [0, 0.05) is 6.42 Å². The number of amides is 1. The van der Waals surface area contributed by atoms with E-state index in [-0.39, 0.29) is 17.2 Å². The van der Waals surface area contributed by atoms with Gasteiger partial charge >= 0.3 is 5.97 Å². The Balaban J connectivity index is 3.05. The monoisotopic (exact) mass is 295 g/mol. The molecule has 0 unspecified atom stereocenters. The van der Waals surface area contributed by atoms with E-state index < -0.39 is 5.97 Å². The highest BCUT2D eigenvalue weighted by molar-refractivity contribution is 5.96. The van der Waals surface area contributed by atoms with Gasteiger partial charge in [-0.1, -0.05) is 13.8 Å². The Morgan fingerprint density at radius 1 is 1.24 bits per heavy atom. The van der Waals surface area contributed by atoms with E-state index in [9.17, 15) is 9.59 Å². The molecule has 0 aromatic heterocycles. The Hall–Kier alpha value is -2.24. The summed E-state index contributed by atoms with van der Waals surface area (Å²) >= 11 is 0. The SMILES string of the molecule is COc1cc(C(=O)O)cc(NC(=O)CCC(C)C)c1OC. The van der Waals surface area contributed by atoms with Gasteiger partial charge in [-0.2, -0.15) is 0 Å². The molecular weight excluding hydrogens is 274 g/mol. The van der Waals surface area contributed by atoms with Crippen LogP contribution in [0, 0.1) is 5.92 Å². The summed E-state index contributed by atoms with van der Waals surface area (Å²) in [5, 5.41) is 11.8. The van der Waals surface area contributed by atoms with Crippen molar-refractivity contribution in [2.45, 2.75) is 26.7 Å². The van der Waals surface area contributed by atoms with Crippen LogP contribution in [0.25, 0.3) is 0 Å². The number of nitrogens with one attached hydrogen (secondary N) is 1. The first-order chi connectivity index (χ1) is 9.88. The topological polar surface area (TPSA) is 84.9 Å². The molecular formula is C15H21NO5. The third-order valence-corrected chi connectivity index (χ3v) is 2.95. The number of hydrogen-bond donors (Lipinski definition) is 2. The summed E-state index contributed by atoms with van der Waals surface area (Å²) < 4.78 is 10.3. The lowest BCUT2D eigenvalue weighted by Crippen LogP contribution is -2.14. The highest BCUT2D eigenvalue weighted by Crippen LogP contribution is 2.36. The maximum atomic E-state index is 11.9. The second kappa shape index (κ2) is 7.52. The number of benzene rings is 1. The fraction of sp³-hybridized carbons (Fsp3) is 0.467. The lowest BCUT2D eigenvalue weighted by Gasteiger charge is -2.15. The van der Waals surface area contributed by atoms with Crippen molar-refractivity contribution in [3.8, 4) is 11.5 Å². The molecule has 0 aliphatic carbocycles. The Morgan fingerprint density at radius 2 is 1.90 bits per heavy atom. The molecule has 0 aliphatic rings. The third-order valence-electron chi connectivity index (χ3n) is 2.95. The van der Waals surface area contributed by atoms with Crippen molar-refractivity contribution in [2.24, 2.45) is 5.92 Å². The van der Waals surface area contributed by atoms with Gasteiger partial charge in [-0.3, -0.25) is 4.79 Å². The van der Waals surface area contributed by atoms with Gasteiger partial charge in [-0.25, -0.2) is 4.79 Å². The first kappa shape index (κ1) is 16.8. The summed E-state index contributed by atoms with van der Waals surface area (Å²) in [4.78, 5) is 23.0. The average Bonchev–Trinajstić information content (AvgIpc) is 2.43. The predicted octanol–water partition coefficient (Wildman–Crippen LogP) is 2.78. The quantitative estimate of drug-likeness (QED) is 0.808. The lowest BCUT2D eigenvalue weighted by molar-refractivity contribution is -0.116. The van der Waals surface area contributed by atoms with E-state index in [4.69, 9.17) is 14.6 Å². The highest BCUT2D eigenvalue weighted by Gasteiger charge is 2.17. The van der Waals surface area contributed by atoms with Crippen molar-refractivity contribution in [2.75, 3.05) is 19.5 Å². The predicted molar refractivity (Wildman–Crippen MR) is 79.2 cm³/mol. The summed E-state index contributed by atoms with van der Waals surface area (Å²) in [6.07, 6.45) is 1.12. The van der Waals surface area contributed by atoms with E-state index in [1.54, 1.807) is 0 Å². The molecule has 21 heavy (non-hydrogen) atoms. The zero-order chi connectivity index (χ0) is 16.0. The van der Waals surface area contributed by atoms with E-state index in [0.29, 0.717) is 23.8 Å². The fourth-order valence-electron chi connectivity index (χ4n) is 1.81. The van der Waals surface area contributed by atoms with Crippen molar-refractivity contribution in [3.05, 3.63) is 17.7 Å². The van der Waals surface area contributed by atoms with Gasteiger partial charge in [-0.15, -0.1) is 0 Å². The van der Waals surface area contributed by atoms with Crippen molar-refractivity contribution in [1.29, 1.82) is 0 Å². The number of anilines is 1. The van der Waals surface area contributed by atoms with Gasteiger partial charge in [0.1, 0.15) is 0 Å². The van der Waals surface area contributed by atoms with Crippen molar-refractivity contribution < 1.29 is 24.2 Å². The van der Waals surface area contributed by atoms with Crippen LogP contribution < -0.4 is 14.8 Å². The molecule has 1 aromatic rings. The summed E-state index contributed by atoms with van der Waals surface area (Å²) in [6.45, 7) is 4.06. The molecule has 0 fully saturated rings. The minimum Gasteiger partial charge on any atom is -0.493 e.